The van der Waals surface area contributed by atoms with Gasteiger partial charge >= 0.3 is 12.0 Å². The maximum absolute atomic E-state index is 12.9. The number of nitrogens with zero attached hydrogens (tertiary/aromatic N) is 1. The molecular weight excluding hydrogens is 372 g/mol. The molecule has 0 bridgehead atoms. The number of rotatable bonds is 6. The van der Waals surface area contributed by atoms with Crippen LogP contribution in [0.4, 0.5) is 4.79 Å². The third kappa shape index (κ3) is 4.04. The number of benzene rings is 1. The summed E-state index contributed by atoms with van der Waals surface area (Å²) in [6.45, 7) is 4.97. The molecule has 3 unspecified atom stereocenters. The molecule has 1 saturated heterocycles. The van der Waals surface area contributed by atoms with Crippen LogP contribution in [0.1, 0.15) is 62.4 Å². The molecule has 2 fully saturated rings. The van der Waals surface area contributed by atoms with Crippen molar-refractivity contribution in [3.63, 3.8) is 0 Å². The maximum atomic E-state index is 12.9. The lowest BCUT2D eigenvalue weighted by atomic mass is 9.73. The Labute approximate surface area is 170 Å². The predicted octanol–water partition coefficient (Wildman–Crippen LogP) is 2.86. The predicted molar refractivity (Wildman–Crippen MR) is 106 cm³/mol. The molecule has 7 heteroatoms. The third-order valence-corrected chi connectivity index (χ3v) is 6.11. The zero-order chi connectivity index (χ0) is 21.2. The summed E-state index contributed by atoms with van der Waals surface area (Å²) >= 11 is 0. The molecule has 3 atom stereocenters. The minimum Gasteiger partial charge on any atom is -0.453 e. The number of aryl methyl sites for hydroxylation is 1. The molecule has 29 heavy (non-hydrogen) atoms. The minimum absolute atomic E-state index is 0.0142. The van der Waals surface area contributed by atoms with Crippen LogP contribution in [0.2, 0.25) is 0 Å². The molecule has 1 aromatic rings. The van der Waals surface area contributed by atoms with E-state index in [0.29, 0.717) is 12.0 Å². The first-order valence-electron chi connectivity index (χ1n) is 10.2. The van der Waals surface area contributed by atoms with E-state index >= 15 is 0 Å². The average molecular weight is 400 g/mol. The quantitative estimate of drug-likeness (QED) is 0.450. The van der Waals surface area contributed by atoms with E-state index in [9.17, 15) is 19.2 Å². The second-order valence-corrected chi connectivity index (χ2v) is 7.99. The minimum atomic E-state index is -1.00. The molecule has 1 spiro atoms. The molecule has 3 amide bonds. The number of hydrogen-bond acceptors (Lipinski definition) is 5. The smallest absolute Gasteiger partial charge is 0.326 e. The zero-order valence-corrected chi connectivity index (χ0v) is 17.2. The van der Waals surface area contributed by atoms with Crippen molar-refractivity contribution in [1.29, 1.82) is 0 Å². The molecule has 1 aliphatic carbocycles. The van der Waals surface area contributed by atoms with Gasteiger partial charge < -0.3 is 10.1 Å². The van der Waals surface area contributed by atoms with Crippen LogP contribution in [0.3, 0.4) is 0 Å². The average Bonchev–Trinajstić information content (AvgIpc) is 2.94. The van der Waals surface area contributed by atoms with Gasteiger partial charge in [-0.25, -0.2) is 4.79 Å². The van der Waals surface area contributed by atoms with E-state index in [0.717, 1.165) is 36.1 Å². The van der Waals surface area contributed by atoms with Crippen LogP contribution in [0.5, 0.6) is 0 Å². The number of hydrogen-bond donors (Lipinski definition) is 1. The topological polar surface area (TPSA) is 92.8 Å². The number of esters is 1. The molecule has 1 aliphatic heterocycles. The van der Waals surface area contributed by atoms with E-state index in [-0.39, 0.29) is 17.6 Å². The summed E-state index contributed by atoms with van der Waals surface area (Å²) in [5, 5.41) is 2.80. The molecule has 7 nitrogen and oxygen atoms in total. The van der Waals surface area contributed by atoms with Crippen LogP contribution < -0.4 is 5.32 Å². The number of carbonyl (C=O) groups is 4. The third-order valence-electron chi connectivity index (χ3n) is 6.11. The highest BCUT2D eigenvalue weighted by Crippen LogP contribution is 2.38. The van der Waals surface area contributed by atoms with Crippen LogP contribution in [0.25, 0.3) is 0 Å². The highest BCUT2D eigenvalue weighted by molar-refractivity contribution is 6.09. The monoisotopic (exact) mass is 400 g/mol. The molecular formula is C22H28N2O5. The van der Waals surface area contributed by atoms with Gasteiger partial charge in [0.25, 0.3) is 5.91 Å². The van der Waals surface area contributed by atoms with Crippen molar-refractivity contribution in [3.05, 3.63) is 35.4 Å². The second kappa shape index (κ2) is 8.35. The summed E-state index contributed by atoms with van der Waals surface area (Å²) in [6, 6.07) is 6.56. The number of Topliss-reactive ketones (excluding diaryl/α,β-unsaturated/α-hetero) is 1. The number of nitrogens with one attached hydrogen (secondary N) is 1. The van der Waals surface area contributed by atoms with Crippen molar-refractivity contribution >= 4 is 23.7 Å². The molecule has 0 aromatic heterocycles. The largest absolute Gasteiger partial charge is 0.453 e. The summed E-state index contributed by atoms with van der Waals surface area (Å²) in [5.74, 6) is -1.46. The number of urea groups is 1. The Bertz CT molecular complexity index is 819. The van der Waals surface area contributed by atoms with Crippen molar-refractivity contribution in [2.45, 2.75) is 64.5 Å². The number of imide groups is 1. The first kappa shape index (κ1) is 21.0. The molecule has 0 radical (unpaired) electrons. The Morgan fingerprint density at radius 2 is 1.93 bits per heavy atom. The van der Waals surface area contributed by atoms with E-state index in [1.807, 2.05) is 26.0 Å². The van der Waals surface area contributed by atoms with Gasteiger partial charge in [-0.1, -0.05) is 51.0 Å². The molecule has 1 heterocycles. The Balaban J connectivity index is 1.61. The van der Waals surface area contributed by atoms with Crippen molar-refractivity contribution in [2.75, 3.05) is 6.54 Å². The van der Waals surface area contributed by atoms with Crippen molar-refractivity contribution in [1.82, 2.24) is 10.2 Å². The first-order valence-corrected chi connectivity index (χ1v) is 10.2. The van der Waals surface area contributed by atoms with Crippen molar-refractivity contribution in [3.8, 4) is 0 Å². The fourth-order valence-corrected chi connectivity index (χ4v) is 4.20. The molecule has 1 N–H and O–H groups in total. The number of ether oxygens (including phenoxy) is 1. The Morgan fingerprint density at radius 3 is 2.55 bits per heavy atom. The normalized spacial score (nSPS) is 25.1. The highest BCUT2D eigenvalue weighted by atomic mass is 16.5. The summed E-state index contributed by atoms with van der Waals surface area (Å²) in [7, 11) is 0. The highest BCUT2D eigenvalue weighted by Gasteiger charge is 2.55. The van der Waals surface area contributed by atoms with Crippen molar-refractivity contribution in [2.24, 2.45) is 5.92 Å². The Morgan fingerprint density at radius 1 is 1.24 bits per heavy atom. The Hall–Kier alpha value is -2.70. The molecule has 2 aliphatic rings. The van der Waals surface area contributed by atoms with Crippen LogP contribution in [0, 0.1) is 5.92 Å². The van der Waals surface area contributed by atoms with Gasteiger partial charge in [-0.05, 0) is 37.7 Å². The lowest BCUT2D eigenvalue weighted by molar-refractivity contribution is -0.150. The lowest BCUT2D eigenvalue weighted by Crippen LogP contribution is -2.54. The fourth-order valence-electron chi connectivity index (χ4n) is 4.20. The van der Waals surface area contributed by atoms with Gasteiger partial charge in [-0.15, -0.1) is 0 Å². The number of ketones is 1. The summed E-state index contributed by atoms with van der Waals surface area (Å²) in [5.41, 5.74) is 0.640. The van der Waals surface area contributed by atoms with E-state index < -0.39 is 30.2 Å². The van der Waals surface area contributed by atoms with E-state index in [1.165, 1.54) is 6.92 Å². The van der Waals surface area contributed by atoms with Crippen LogP contribution >= 0.6 is 0 Å². The SMILES string of the molecule is CCc1ccc(C(=O)C(C)OC(=O)CN2C(=O)NC3(CCCCC3C)C2=O)cc1. The number of amides is 3. The van der Waals surface area contributed by atoms with E-state index in [1.54, 1.807) is 12.1 Å². The van der Waals surface area contributed by atoms with Gasteiger partial charge in [-0.3, -0.25) is 19.3 Å². The van der Waals surface area contributed by atoms with Gasteiger partial charge in [0.1, 0.15) is 12.1 Å². The van der Waals surface area contributed by atoms with Gasteiger partial charge in [0.15, 0.2) is 6.10 Å². The first-order chi connectivity index (χ1) is 13.8. The van der Waals surface area contributed by atoms with Crippen LogP contribution in [0.15, 0.2) is 24.3 Å². The van der Waals surface area contributed by atoms with Crippen molar-refractivity contribution < 1.29 is 23.9 Å². The van der Waals surface area contributed by atoms with Crippen LogP contribution in [-0.4, -0.2) is 46.8 Å². The van der Waals surface area contributed by atoms with Gasteiger partial charge in [0.2, 0.25) is 5.78 Å². The molecule has 1 aromatic carbocycles. The number of carbonyl (C=O) groups excluding carboxylic acids is 4. The standard InChI is InChI=1S/C22H28N2O5/c1-4-16-8-10-17(11-9-16)19(26)15(3)29-18(25)13-24-20(27)22(23-21(24)28)12-6-5-7-14(22)2/h8-11,14-15H,4-7,12-13H2,1-3H3,(H,23,28). The van der Waals surface area contributed by atoms with Gasteiger partial charge in [0, 0.05) is 5.56 Å². The second-order valence-electron chi connectivity index (χ2n) is 7.99. The Kier molecular flexibility index (Phi) is 6.05. The van der Waals surface area contributed by atoms with Gasteiger partial charge in [0.05, 0.1) is 0 Å². The maximum Gasteiger partial charge on any atom is 0.326 e. The molecule has 3 rings (SSSR count). The van der Waals surface area contributed by atoms with E-state index in [4.69, 9.17) is 4.74 Å². The summed E-state index contributed by atoms with van der Waals surface area (Å²) in [6.07, 6.45) is 3.17. The van der Waals surface area contributed by atoms with E-state index in [2.05, 4.69) is 5.32 Å². The summed E-state index contributed by atoms with van der Waals surface area (Å²) in [4.78, 5) is 51.0. The summed E-state index contributed by atoms with van der Waals surface area (Å²) < 4.78 is 5.22. The molecule has 156 valence electrons. The van der Waals surface area contributed by atoms with Gasteiger partial charge in [-0.2, -0.15) is 0 Å². The molecule has 1 saturated carbocycles. The fraction of sp³-hybridized carbons (Fsp3) is 0.545. The lowest BCUT2D eigenvalue weighted by Gasteiger charge is -2.36. The van der Waals surface area contributed by atoms with Crippen LogP contribution in [-0.2, 0) is 20.7 Å². The zero-order valence-electron chi connectivity index (χ0n) is 17.2.